The minimum atomic E-state index is 0.439. The molecule has 0 radical (unpaired) electrons. The van der Waals surface area contributed by atoms with Gasteiger partial charge in [0.05, 0.1) is 0 Å². The van der Waals surface area contributed by atoms with Gasteiger partial charge in [-0.15, -0.1) is 0 Å². The number of hydrogen-bond donors (Lipinski definition) is 1. The van der Waals surface area contributed by atoms with Crippen molar-refractivity contribution < 1.29 is 0 Å². The van der Waals surface area contributed by atoms with Gasteiger partial charge in [0.1, 0.15) is 0 Å². The van der Waals surface area contributed by atoms with Gasteiger partial charge >= 0.3 is 0 Å². The van der Waals surface area contributed by atoms with Crippen LogP contribution in [0.5, 0.6) is 0 Å². The van der Waals surface area contributed by atoms with Crippen LogP contribution >= 0.6 is 0 Å². The summed E-state index contributed by atoms with van der Waals surface area (Å²) < 4.78 is 0. The molecular weight excluding hydrogens is 254 g/mol. The van der Waals surface area contributed by atoms with Gasteiger partial charge in [-0.2, -0.15) is 0 Å². The molecule has 0 aliphatic rings. The third kappa shape index (κ3) is 4.18. The van der Waals surface area contributed by atoms with Crippen LogP contribution in [0, 0.1) is 20.8 Å². The quantitative estimate of drug-likeness (QED) is 0.794. The van der Waals surface area contributed by atoms with E-state index in [2.05, 4.69) is 75.5 Å². The fourth-order valence-corrected chi connectivity index (χ4v) is 2.93. The van der Waals surface area contributed by atoms with E-state index in [1.54, 1.807) is 0 Å². The molecule has 1 nitrogen and oxygen atoms in total. The molecule has 1 N–H and O–H groups in total. The van der Waals surface area contributed by atoms with Crippen LogP contribution in [-0.2, 0) is 6.42 Å². The summed E-state index contributed by atoms with van der Waals surface area (Å²) in [7, 11) is 0. The Morgan fingerprint density at radius 2 is 1.57 bits per heavy atom. The van der Waals surface area contributed by atoms with Crippen LogP contribution in [0.15, 0.2) is 42.5 Å². The zero-order chi connectivity index (χ0) is 15.2. The lowest BCUT2D eigenvalue weighted by Crippen LogP contribution is -2.22. The Kier molecular flexibility index (Phi) is 5.58. The van der Waals surface area contributed by atoms with Gasteiger partial charge in [0, 0.05) is 6.04 Å². The van der Waals surface area contributed by atoms with E-state index in [-0.39, 0.29) is 0 Å². The fourth-order valence-electron chi connectivity index (χ4n) is 2.93. The molecule has 2 aromatic rings. The first-order chi connectivity index (χ1) is 10.1. The molecule has 0 aromatic heterocycles. The van der Waals surface area contributed by atoms with E-state index in [0.29, 0.717) is 6.04 Å². The molecule has 0 aliphatic carbocycles. The maximum Gasteiger partial charge on any atom is 0.0326 e. The number of rotatable bonds is 6. The van der Waals surface area contributed by atoms with Crippen molar-refractivity contribution in [3.8, 4) is 0 Å². The predicted octanol–water partition coefficient (Wildman–Crippen LogP) is 4.90. The largest absolute Gasteiger partial charge is 0.310 e. The molecule has 0 amide bonds. The lowest BCUT2D eigenvalue weighted by atomic mass is 9.92. The smallest absolute Gasteiger partial charge is 0.0326 e. The van der Waals surface area contributed by atoms with Gasteiger partial charge in [-0.1, -0.05) is 49.4 Å². The van der Waals surface area contributed by atoms with Crippen LogP contribution in [0.4, 0.5) is 0 Å². The summed E-state index contributed by atoms with van der Waals surface area (Å²) in [6, 6.07) is 15.9. The van der Waals surface area contributed by atoms with E-state index in [9.17, 15) is 0 Å². The van der Waals surface area contributed by atoms with Crippen LogP contribution in [0.1, 0.15) is 47.2 Å². The summed E-state index contributed by atoms with van der Waals surface area (Å²) in [5, 5.41) is 3.66. The van der Waals surface area contributed by atoms with Crippen LogP contribution in [0.3, 0.4) is 0 Å². The second-order valence-electron chi connectivity index (χ2n) is 5.93. The van der Waals surface area contributed by atoms with Gasteiger partial charge in [-0.05, 0) is 68.0 Å². The average molecular weight is 281 g/mol. The normalized spacial score (nSPS) is 12.4. The standard InChI is InChI=1S/C20H27N/c1-5-21-20(12-11-18-9-7-6-8-10-18)19-14-16(3)15(2)13-17(19)4/h6-10,13-14,20-21H,5,11-12H2,1-4H3. The molecule has 0 heterocycles. The molecule has 0 saturated heterocycles. The highest BCUT2D eigenvalue weighted by Gasteiger charge is 2.14. The third-order valence-corrected chi connectivity index (χ3v) is 4.27. The number of benzene rings is 2. The van der Waals surface area contributed by atoms with E-state index in [1.165, 1.54) is 27.8 Å². The highest BCUT2D eigenvalue weighted by atomic mass is 14.9. The highest BCUT2D eigenvalue weighted by molar-refractivity contribution is 5.38. The lowest BCUT2D eigenvalue weighted by molar-refractivity contribution is 0.513. The Morgan fingerprint density at radius 3 is 2.24 bits per heavy atom. The second kappa shape index (κ2) is 7.42. The number of aryl methyl sites for hydroxylation is 4. The average Bonchev–Trinajstić information content (AvgIpc) is 2.48. The van der Waals surface area contributed by atoms with Crippen molar-refractivity contribution in [3.05, 3.63) is 70.3 Å². The molecule has 112 valence electrons. The first kappa shape index (κ1) is 15.8. The summed E-state index contributed by atoms with van der Waals surface area (Å²) in [5.74, 6) is 0. The third-order valence-electron chi connectivity index (χ3n) is 4.27. The molecule has 0 bridgehead atoms. The molecule has 1 heteroatoms. The molecule has 0 fully saturated rings. The maximum atomic E-state index is 3.66. The molecule has 21 heavy (non-hydrogen) atoms. The number of nitrogens with one attached hydrogen (secondary N) is 1. The Hall–Kier alpha value is -1.60. The molecule has 0 spiro atoms. The van der Waals surface area contributed by atoms with Crippen molar-refractivity contribution in [2.75, 3.05) is 6.54 Å². The van der Waals surface area contributed by atoms with E-state index in [1.807, 2.05) is 0 Å². The highest BCUT2D eigenvalue weighted by Crippen LogP contribution is 2.25. The van der Waals surface area contributed by atoms with E-state index in [0.717, 1.165) is 19.4 Å². The Morgan fingerprint density at radius 1 is 0.905 bits per heavy atom. The van der Waals surface area contributed by atoms with Crippen LogP contribution in [0.25, 0.3) is 0 Å². The summed E-state index contributed by atoms with van der Waals surface area (Å²) in [4.78, 5) is 0. The van der Waals surface area contributed by atoms with Crippen LogP contribution in [0.2, 0.25) is 0 Å². The van der Waals surface area contributed by atoms with Crippen molar-refractivity contribution in [2.45, 2.75) is 46.6 Å². The summed E-state index contributed by atoms with van der Waals surface area (Å²) >= 11 is 0. The Balaban J connectivity index is 2.17. The molecular formula is C20H27N. The Labute approximate surface area is 129 Å². The van der Waals surface area contributed by atoms with E-state index >= 15 is 0 Å². The van der Waals surface area contributed by atoms with Gasteiger partial charge in [0.2, 0.25) is 0 Å². The molecule has 2 aromatic carbocycles. The van der Waals surface area contributed by atoms with Crippen molar-refractivity contribution in [2.24, 2.45) is 0 Å². The molecule has 1 atom stereocenters. The summed E-state index contributed by atoms with van der Waals surface area (Å²) in [5.41, 5.74) is 7.04. The molecule has 2 rings (SSSR count). The van der Waals surface area contributed by atoms with Gasteiger partial charge < -0.3 is 5.32 Å². The van der Waals surface area contributed by atoms with E-state index in [4.69, 9.17) is 0 Å². The summed E-state index contributed by atoms with van der Waals surface area (Å²) in [6.07, 6.45) is 2.26. The Bertz CT molecular complexity index is 572. The van der Waals surface area contributed by atoms with Gasteiger partial charge in [-0.25, -0.2) is 0 Å². The van der Waals surface area contributed by atoms with Gasteiger partial charge in [0.15, 0.2) is 0 Å². The maximum absolute atomic E-state index is 3.66. The second-order valence-corrected chi connectivity index (χ2v) is 5.93. The summed E-state index contributed by atoms with van der Waals surface area (Å²) in [6.45, 7) is 9.82. The monoisotopic (exact) mass is 281 g/mol. The first-order valence-corrected chi connectivity index (χ1v) is 7.97. The van der Waals surface area contributed by atoms with Crippen LogP contribution < -0.4 is 5.32 Å². The van der Waals surface area contributed by atoms with Crippen molar-refractivity contribution in [1.29, 1.82) is 0 Å². The minimum Gasteiger partial charge on any atom is -0.310 e. The van der Waals surface area contributed by atoms with Gasteiger partial charge in [-0.3, -0.25) is 0 Å². The minimum absolute atomic E-state index is 0.439. The molecule has 1 unspecified atom stereocenters. The lowest BCUT2D eigenvalue weighted by Gasteiger charge is -2.22. The fraction of sp³-hybridized carbons (Fsp3) is 0.400. The first-order valence-electron chi connectivity index (χ1n) is 7.97. The molecule has 0 saturated carbocycles. The topological polar surface area (TPSA) is 12.0 Å². The van der Waals surface area contributed by atoms with Crippen LogP contribution in [-0.4, -0.2) is 6.54 Å². The van der Waals surface area contributed by atoms with Crippen molar-refractivity contribution in [1.82, 2.24) is 5.32 Å². The zero-order valence-corrected chi connectivity index (χ0v) is 13.7. The SMILES string of the molecule is CCNC(CCc1ccccc1)c1cc(C)c(C)cc1C. The number of hydrogen-bond acceptors (Lipinski definition) is 1. The van der Waals surface area contributed by atoms with E-state index < -0.39 is 0 Å². The van der Waals surface area contributed by atoms with Crippen molar-refractivity contribution >= 4 is 0 Å². The predicted molar refractivity (Wildman–Crippen MR) is 91.8 cm³/mol. The van der Waals surface area contributed by atoms with Gasteiger partial charge in [0.25, 0.3) is 0 Å². The molecule has 0 aliphatic heterocycles. The zero-order valence-electron chi connectivity index (χ0n) is 13.7. The van der Waals surface area contributed by atoms with Crippen molar-refractivity contribution in [3.63, 3.8) is 0 Å².